The number of hydrogen-bond donors (Lipinski definition) is 1. The Hall–Kier alpha value is -4.30. The molecular formula is C34H33N3O7S3. The molecule has 0 bridgehead atoms. The smallest absolute Gasteiger partial charge is 0.264 e. The summed E-state index contributed by atoms with van der Waals surface area (Å²) in [4.78, 5) is 8.43. The number of nitrogens with zero attached hydrogens (tertiary/aromatic N) is 2. The quantitative estimate of drug-likeness (QED) is 0.171. The Morgan fingerprint density at radius 3 is 2.32 bits per heavy atom. The second kappa shape index (κ2) is 12.7. The number of nitrogens with one attached hydrogen (secondary N) is 1. The van der Waals surface area contributed by atoms with Gasteiger partial charge >= 0.3 is 0 Å². The van der Waals surface area contributed by atoms with Gasteiger partial charge in [-0.2, -0.15) is 8.42 Å². The van der Waals surface area contributed by atoms with E-state index in [0.717, 1.165) is 68.2 Å². The molecule has 5 aromatic rings. The van der Waals surface area contributed by atoms with Gasteiger partial charge in [0.05, 0.1) is 42.0 Å². The number of aromatic nitrogens is 2. The molecule has 0 aliphatic heterocycles. The maximum Gasteiger partial charge on any atom is 0.264 e. The van der Waals surface area contributed by atoms with Crippen molar-refractivity contribution in [1.82, 2.24) is 9.97 Å². The molecule has 0 radical (unpaired) electrons. The molecule has 1 aliphatic carbocycles. The summed E-state index contributed by atoms with van der Waals surface area (Å²) in [5.41, 5.74) is 6.20. The molecule has 244 valence electrons. The first-order valence-corrected chi connectivity index (χ1v) is 20.1. The normalized spacial score (nSPS) is 14.0. The summed E-state index contributed by atoms with van der Waals surface area (Å²) in [7, 11) is -11.0. The van der Waals surface area contributed by atoms with Crippen molar-refractivity contribution in [2.45, 2.75) is 23.5 Å². The van der Waals surface area contributed by atoms with Crippen LogP contribution in [-0.2, 0) is 39.9 Å². The minimum atomic E-state index is -3.74. The number of rotatable bonds is 11. The van der Waals surface area contributed by atoms with Crippen LogP contribution in [0.5, 0.6) is 0 Å². The first-order chi connectivity index (χ1) is 22.3. The number of fused-ring (bicyclic) bond motifs is 3. The van der Waals surface area contributed by atoms with Crippen molar-refractivity contribution in [2.24, 2.45) is 0 Å². The fourth-order valence-corrected chi connectivity index (χ4v) is 8.50. The average molecular weight is 692 g/mol. The van der Waals surface area contributed by atoms with Crippen LogP contribution in [0, 0.1) is 0 Å². The number of anilines is 1. The van der Waals surface area contributed by atoms with E-state index >= 15 is 0 Å². The number of pyridine rings is 1. The molecule has 0 atom stereocenters. The lowest BCUT2D eigenvalue weighted by Gasteiger charge is -2.22. The molecule has 0 fully saturated rings. The minimum Gasteiger partial charge on any atom is -0.339 e. The third-order valence-electron chi connectivity index (χ3n) is 7.94. The van der Waals surface area contributed by atoms with Gasteiger partial charge in [-0.15, -0.1) is 0 Å². The molecule has 0 spiro atoms. The van der Waals surface area contributed by atoms with Crippen LogP contribution in [0.25, 0.3) is 38.6 Å². The molecule has 2 heterocycles. The maximum absolute atomic E-state index is 13.2. The zero-order valence-corrected chi connectivity index (χ0v) is 28.2. The third kappa shape index (κ3) is 7.18. The summed E-state index contributed by atoms with van der Waals surface area (Å²) in [6.45, 7) is -0.504. The van der Waals surface area contributed by atoms with Gasteiger partial charge in [0.15, 0.2) is 9.84 Å². The van der Waals surface area contributed by atoms with Crippen LogP contribution in [0.2, 0.25) is 0 Å². The van der Waals surface area contributed by atoms with Gasteiger partial charge in [-0.05, 0) is 71.5 Å². The van der Waals surface area contributed by atoms with Crippen LogP contribution in [0.1, 0.15) is 24.0 Å². The highest BCUT2D eigenvalue weighted by Gasteiger charge is 2.22. The largest absolute Gasteiger partial charge is 0.339 e. The van der Waals surface area contributed by atoms with Crippen LogP contribution in [0.4, 0.5) is 5.69 Å². The van der Waals surface area contributed by atoms with E-state index in [1.807, 2.05) is 36.4 Å². The Bertz CT molecular complexity index is 2360. The Morgan fingerprint density at radius 1 is 0.915 bits per heavy atom. The van der Waals surface area contributed by atoms with Crippen molar-refractivity contribution in [2.75, 3.05) is 30.0 Å². The summed E-state index contributed by atoms with van der Waals surface area (Å²) < 4.78 is 80.4. The van der Waals surface area contributed by atoms with Gasteiger partial charge < -0.3 is 4.98 Å². The number of allylic oxidation sites excluding steroid dienone is 4. The van der Waals surface area contributed by atoms with Crippen molar-refractivity contribution in [3.63, 3.8) is 0 Å². The Kier molecular flexibility index (Phi) is 8.83. The van der Waals surface area contributed by atoms with Crippen molar-refractivity contribution in [1.29, 1.82) is 0 Å². The highest BCUT2D eigenvalue weighted by Crippen LogP contribution is 2.41. The van der Waals surface area contributed by atoms with E-state index in [9.17, 15) is 25.3 Å². The van der Waals surface area contributed by atoms with Crippen LogP contribution >= 0.6 is 0 Å². The van der Waals surface area contributed by atoms with E-state index < -0.39 is 30.0 Å². The number of benzene rings is 3. The lowest BCUT2D eigenvalue weighted by molar-refractivity contribution is 0.331. The average Bonchev–Trinajstić information content (AvgIpc) is 3.40. The van der Waals surface area contributed by atoms with E-state index in [4.69, 9.17) is 9.17 Å². The lowest BCUT2D eigenvalue weighted by atomic mass is 9.88. The molecule has 0 saturated heterocycles. The molecule has 0 unspecified atom stereocenters. The van der Waals surface area contributed by atoms with Crippen LogP contribution in [0.15, 0.2) is 102 Å². The highest BCUT2D eigenvalue weighted by atomic mass is 32.2. The van der Waals surface area contributed by atoms with Gasteiger partial charge in [0.25, 0.3) is 10.1 Å². The fourth-order valence-electron chi connectivity index (χ4n) is 5.85. The molecule has 3 aromatic carbocycles. The molecular weight excluding hydrogens is 659 g/mol. The molecule has 47 heavy (non-hydrogen) atoms. The maximum atomic E-state index is 13.2. The SMILES string of the molecule is CS(=O)(=O)OCCN(c1ccc(-c2cnc3[nH]c4ccc(CS(=O)(=O)c5ccccc5)cc4c3c2C2=CC=CCC2)cc1)S(C)(=O)=O. The minimum absolute atomic E-state index is 0.152. The summed E-state index contributed by atoms with van der Waals surface area (Å²) in [5.74, 6) is -0.152. The number of H-pyrrole nitrogens is 1. The predicted octanol–water partition coefficient (Wildman–Crippen LogP) is 5.83. The summed E-state index contributed by atoms with van der Waals surface area (Å²) in [6, 6.07) is 21.0. The fraction of sp³-hybridized carbons (Fsp3) is 0.206. The van der Waals surface area contributed by atoms with E-state index in [1.165, 1.54) is 0 Å². The number of sulfonamides is 1. The molecule has 13 heteroatoms. The van der Waals surface area contributed by atoms with Gasteiger partial charge in [0.1, 0.15) is 5.65 Å². The standard InChI is InChI=1S/C34H33N3O7S3/c1-45(38,39)37(19-20-44-46(2,40)41)27-16-14-25(15-17-27)30-22-35-34-33(32(30)26-9-5-3-6-10-26)29-21-24(13-18-31(29)36-34)23-47(42,43)28-11-7-4-8-12-28/h3-5,7-9,11-18,21-22H,6,10,19-20,23H2,1-2H3,(H,35,36). The Morgan fingerprint density at radius 2 is 1.66 bits per heavy atom. The molecule has 1 aliphatic rings. The Labute approximate surface area is 274 Å². The zero-order chi connectivity index (χ0) is 33.4. The van der Waals surface area contributed by atoms with Gasteiger partial charge in [-0.3, -0.25) is 8.49 Å². The highest BCUT2D eigenvalue weighted by molar-refractivity contribution is 7.92. The van der Waals surface area contributed by atoms with Crippen molar-refractivity contribution in [3.8, 4) is 11.1 Å². The van der Waals surface area contributed by atoms with E-state index in [1.54, 1.807) is 48.7 Å². The molecule has 1 N–H and O–H groups in total. The monoisotopic (exact) mass is 691 g/mol. The lowest BCUT2D eigenvalue weighted by Crippen LogP contribution is -2.33. The zero-order valence-electron chi connectivity index (χ0n) is 25.8. The predicted molar refractivity (Wildman–Crippen MR) is 186 cm³/mol. The molecule has 10 nitrogen and oxygen atoms in total. The number of aromatic amines is 1. The second-order valence-electron chi connectivity index (χ2n) is 11.4. The first kappa shape index (κ1) is 32.6. The van der Waals surface area contributed by atoms with Crippen LogP contribution in [-0.4, -0.2) is 60.9 Å². The molecule has 0 saturated carbocycles. The number of hydrogen-bond acceptors (Lipinski definition) is 8. The summed E-state index contributed by atoms with van der Waals surface area (Å²) in [5, 5.41) is 1.73. The number of sulfone groups is 1. The van der Waals surface area contributed by atoms with E-state index in [2.05, 4.69) is 17.1 Å². The van der Waals surface area contributed by atoms with Crippen molar-refractivity contribution >= 4 is 63.2 Å². The molecule has 0 amide bonds. The van der Waals surface area contributed by atoms with E-state index in [0.29, 0.717) is 16.9 Å². The van der Waals surface area contributed by atoms with Crippen LogP contribution < -0.4 is 4.31 Å². The van der Waals surface area contributed by atoms with Gasteiger partial charge in [-0.1, -0.05) is 54.6 Å². The van der Waals surface area contributed by atoms with Gasteiger partial charge in [0, 0.05) is 28.0 Å². The summed E-state index contributed by atoms with van der Waals surface area (Å²) in [6.07, 6.45) is 11.6. The topological polar surface area (TPSA) is 144 Å². The summed E-state index contributed by atoms with van der Waals surface area (Å²) >= 11 is 0. The second-order valence-corrected chi connectivity index (χ2v) is 17.0. The van der Waals surface area contributed by atoms with Crippen molar-refractivity contribution < 1.29 is 29.4 Å². The molecule has 6 rings (SSSR count). The van der Waals surface area contributed by atoms with Crippen LogP contribution in [0.3, 0.4) is 0 Å². The first-order valence-electron chi connectivity index (χ1n) is 14.8. The van der Waals surface area contributed by atoms with Gasteiger partial charge in [-0.25, -0.2) is 21.8 Å². The third-order valence-corrected chi connectivity index (χ3v) is 11.4. The van der Waals surface area contributed by atoms with Gasteiger partial charge in [0.2, 0.25) is 10.0 Å². The van der Waals surface area contributed by atoms with Crippen molar-refractivity contribution in [3.05, 3.63) is 108 Å². The van der Waals surface area contributed by atoms with E-state index in [-0.39, 0.29) is 23.8 Å². The molecule has 2 aromatic heterocycles. The Balaban J connectivity index is 1.45.